The van der Waals surface area contributed by atoms with E-state index in [0.717, 1.165) is 29.8 Å². The molecule has 1 unspecified atom stereocenters. The average molecular weight is 493 g/mol. The predicted octanol–water partition coefficient (Wildman–Crippen LogP) is 5.03. The van der Waals surface area contributed by atoms with Crippen molar-refractivity contribution in [2.24, 2.45) is 0 Å². The number of nitrogens with zero attached hydrogens (tertiary/aromatic N) is 1. The van der Waals surface area contributed by atoms with Gasteiger partial charge in [-0.2, -0.15) is 0 Å². The number of carbonyl (C=O) groups is 1. The molecule has 0 aromatic heterocycles. The van der Waals surface area contributed by atoms with E-state index >= 15 is 0 Å². The van der Waals surface area contributed by atoms with Crippen LogP contribution in [0, 0.1) is 0 Å². The van der Waals surface area contributed by atoms with Gasteiger partial charge in [-0.1, -0.05) is 44.9 Å². The van der Waals surface area contributed by atoms with Crippen LogP contribution in [0.4, 0.5) is 11.4 Å². The monoisotopic (exact) mass is 492 g/mol. The van der Waals surface area contributed by atoms with E-state index in [4.69, 9.17) is 9.84 Å². The fourth-order valence-corrected chi connectivity index (χ4v) is 6.33. The van der Waals surface area contributed by atoms with E-state index in [1.807, 2.05) is 49.6 Å². The summed E-state index contributed by atoms with van der Waals surface area (Å²) in [6, 6.07) is 13.2. The number of carboxylic acid groups (broad SMARTS) is 1. The highest BCUT2D eigenvalue weighted by Gasteiger charge is 2.41. The number of carboxylic acids is 1. The summed E-state index contributed by atoms with van der Waals surface area (Å²) >= 11 is 1.44. The number of hydrogen-bond donors (Lipinski definition) is 2. The number of fused-ring (bicyclic) bond motifs is 1. The van der Waals surface area contributed by atoms with Crippen LogP contribution in [0.3, 0.4) is 0 Å². The maximum atomic E-state index is 13.6. The predicted molar refractivity (Wildman–Crippen MR) is 132 cm³/mol. The summed E-state index contributed by atoms with van der Waals surface area (Å²) in [5.74, 6) is -0.595. The first-order valence-corrected chi connectivity index (χ1v) is 13.9. The van der Waals surface area contributed by atoms with Crippen LogP contribution in [0.5, 0.6) is 5.75 Å². The summed E-state index contributed by atoms with van der Waals surface area (Å²) in [5, 5.41) is 8.95. The van der Waals surface area contributed by atoms with Crippen molar-refractivity contribution < 1.29 is 23.1 Å². The number of ether oxygens (including phenoxy) is 1. The molecular weight excluding hydrogens is 460 g/mol. The molecule has 1 aliphatic rings. The summed E-state index contributed by atoms with van der Waals surface area (Å²) in [6.07, 6.45) is 4.99. The van der Waals surface area contributed by atoms with Gasteiger partial charge in [-0.15, -0.1) is 11.8 Å². The van der Waals surface area contributed by atoms with E-state index in [1.54, 1.807) is 0 Å². The Hall–Kier alpha value is -2.23. The minimum atomic E-state index is -3.86. The van der Waals surface area contributed by atoms with Crippen LogP contribution in [0.2, 0.25) is 0 Å². The minimum absolute atomic E-state index is 0.0348. The Bertz CT molecular complexity index is 1080. The molecule has 0 aliphatic carbocycles. The quantitative estimate of drug-likeness (QED) is 0.449. The second-order valence-corrected chi connectivity index (χ2v) is 10.7. The van der Waals surface area contributed by atoms with Crippen LogP contribution in [0.15, 0.2) is 52.3 Å². The maximum Gasteiger partial charge on any atom is 0.306 e. The fourth-order valence-electron chi connectivity index (χ4n) is 4.08. The highest BCUT2D eigenvalue weighted by Crippen LogP contribution is 2.43. The molecule has 3 rings (SSSR count). The molecule has 180 valence electrons. The van der Waals surface area contributed by atoms with Gasteiger partial charge in [0.25, 0.3) is 0 Å². The molecule has 1 atom stereocenters. The first-order chi connectivity index (χ1) is 15.7. The van der Waals surface area contributed by atoms with Crippen molar-refractivity contribution in [3.8, 4) is 5.75 Å². The standard InChI is InChI=1S/C24H32N2O5S2/c1-4-6-13-24(5-2)17-26(18-10-8-7-9-11-18)19-15-21(32-3)20(31-14-12-23(27)28)16-22(19)33(29,30)25-24/h7-11,15-16,25H,4-6,12-14,17H2,1-3H3,(H,27,28). The molecule has 2 aromatic rings. The lowest BCUT2D eigenvalue weighted by Crippen LogP contribution is -2.52. The maximum absolute atomic E-state index is 13.6. The van der Waals surface area contributed by atoms with Crippen LogP contribution in [-0.2, 0) is 14.8 Å². The van der Waals surface area contributed by atoms with Crippen molar-refractivity contribution in [1.29, 1.82) is 0 Å². The topological polar surface area (TPSA) is 95.9 Å². The molecule has 9 heteroatoms. The Labute approximate surface area is 200 Å². The van der Waals surface area contributed by atoms with Crippen LogP contribution in [0.1, 0.15) is 46.0 Å². The van der Waals surface area contributed by atoms with Crippen molar-refractivity contribution in [1.82, 2.24) is 4.72 Å². The summed E-state index contributed by atoms with van der Waals surface area (Å²) in [5.41, 5.74) is 0.891. The Morgan fingerprint density at radius 2 is 1.97 bits per heavy atom. The lowest BCUT2D eigenvalue weighted by Gasteiger charge is -2.36. The number of thioether (sulfide) groups is 1. The largest absolute Gasteiger partial charge is 0.492 e. The summed E-state index contributed by atoms with van der Waals surface area (Å²) < 4.78 is 36.0. The van der Waals surface area contributed by atoms with Gasteiger partial charge in [0.05, 0.1) is 29.1 Å². The molecule has 0 saturated carbocycles. The van der Waals surface area contributed by atoms with Crippen molar-refractivity contribution >= 4 is 39.1 Å². The van der Waals surface area contributed by atoms with Gasteiger partial charge in [-0.3, -0.25) is 4.79 Å². The Balaban J connectivity index is 2.18. The third-order valence-corrected chi connectivity index (χ3v) is 8.33. The Morgan fingerprint density at radius 1 is 1.24 bits per heavy atom. The number of para-hydroxylation sites is 1. The normalized spacial score (nSPS) is 19.5. The number of hydrogen-bond acceptors (Lipinski definition) is 6. The van der Waals surface area contributed by atoms with Gasteiger partial charge in [0, 0.05) is 18.3 Å². The summed E-state index contributed by atoms with van der Waals surface area (Å²) in [4.78, 5) is 13.9. The molecule has 0 amide bonds. The molecule has 0 spiro atoms. The highest BCUT2D eigenvalue weighted by molar-refractivity contribution is 7.98. The summed E-state index contributed by atoms with van der Waals surface area (Å²) in [6.45, 7) is 4.59. The van der Waals surface area contributed by atoms with E-state index in [2.05, 4.69) is 16.5 Å². The van der Waals surface area contributed by atoms with Gasteiger partial charge in [0.15, 0.2) is 0 Å². The molecular formula is C24H32N2O5S2. The summed E-state index contributed by atoms with van der Waals surface area (Å²) in [7, 11) is -3.86. The molecule has 0 fully saturated rings. The van der Waals surface area contributed by atoms with Crippen LogP contribution in [-0.4, -0.2) is 44.4 Å². The zero-order chi connectivity index (χ0) is 24.1. The lowest BCUT2D eigenvalue weighted by molar-refractivity contribution is -0.137. The fraction of sp³-hybridized carbons (Fsp3) is 0.458. The number of sulfonamides is 1. The molecule has 0 saturated heterocycles. The SMILES string of the molecule is CCCCC1(CC)CN(c2ccccc2)c2cc(SC)c(OCCC(=O)O)cc2S(=O)(=O)N1. The van der Waals surface area contributed by atoms with Crippen molar-refractivity contribution in [2.75, 3.05) is 24.3 Å². The number of rotatable bonds is 10. The first kappa shape index (κ1) is 25.4. The van der Waals surface area contributed by atoms with E-state index in [9.17, 15) is 13.2 Å². The number of unbranched alkanes of at least 4 members (excludes halogenated alkanes) is 1. The van der Waals surface area contributed by atoms with Crippen molar-refractivity contribution in [3.63, 3.8) is 0 Å². The first-order valence-electron chi connectivity index (χ1n) is 11.2. The van der Waals surface area contributed by atoms with Crippen LogP contribution in [0.25, 0.3) is 0 Å². The second kappa shape index (κ2) is 10.8. The average Bonchev–Trinajstić information content (AvgIpc) is 2.90. The van der Waals surface area contributed by atoms with Gasteiger partial charge in [0.2, 0.25) is 10.0 Å². The molecule has 0 bridgehead atoms. The number of nitrogens with one attached hydrogen (secondary N) is 1. The molecule has 2 aromatic carbocycles. The number of aliphatic carboxylic acids is 1. The smallest absolute Gasteiger partial charge is 0.306 e. The van der Waals surface area contributed by atoms with Crippen molar-refractivity contribution in [2.45, 2.75) is 61.3 Å². The van der Waals surface area contributed by atoms with Gasteiger partial charge in [-0.25, -0.2) is 13.1 Å². The van der Waals surface area contributed by atoms with Crippen LogP contribution >= 0.6 is 11.8 Å². The van der Waals surface area contributed by atoms with Crippen molar-refractivity contribution in [3.05, 3.63) is 42.5 Å². The number of benzene rings is 2. The van der Waals surface area contributed by atoms with E-state index < -0.39 is 21.5 Å². The molecule has 1 heterocycles. The zero-order valence-corrected chi connectivity index (χ0v) is 21.0. The third kappa shape index (κ3) is 5.83. The second-order valence-electron chi connectivity index (χ2n) is 8.23. The van der Waals surface area contributed by atoms with Gasteiger partial charge >= 0.3 is 5.97 Å². The van der Waals surface area contributed by atoms with E-state index in [-0.39, 0.29) is 17.9 Å². The molecule has 7 nitrogen and oxygen atoms in total. The number of anilines is 2. The van der Waals surface area contributed by atoms with Gasteiger partial charge in [-0.05, 0) is 37.3 Å². The molecule has 33 heavy (non-hydrogen) atoms. The van der Waals surface area contributed by atoms with Crippen LogP contribution < -0.4 is 14.4 Å². The highest BCUT2D eigenvalue weighted by atomic mass is 32.2. The van der Waals surface area contributed by atoms with E-state index in [0.29, 0.717) is 24.4 Å². The van der Waals surface area contributed by atoms with Gasteiger partial charge < -0.3 is 14.7 Å². The molecule has 0 radical (unpaired) electrons. The Morgan fingerprint density at radius 3 is 2.58 bits per heavy atom. The minimum Gasteiger partial charge on any atom is -0.492 e. The third-order valence-electron chi connectivity index (χ3n) is 5.96. The molecule has 1 aliphatic heterocycles. The zero-order valence-electron chi connectivity index (χ0n) is 19.3. The van der Waals surface area contributed by atoms with E-state index in [1.165, 1.54) is 17.8 Å². The van der Waals surface area contributed by atoms with Gasteiger partial charge in [0.1, 0.15) is 10.6 Å². The Kier molecular flexibility index (Phi) is 8.31. The lowest BCUT2D eigenvalue weighted by atomic mass is 9.89. The molecule has 2 N–H and O–H groups in total.